The molecule has 6 nitrogen and oxygen atoms in total. The van der Waals surface area contributed by atoms with Gasteiger partial charge in [0.15, 0.2) is 17.5 Å². The maximum atomic E-state index is 10.6. The molecule has 0 saturated carbocycles. The second-order valence-electron chi connectivity index (χ2n) is 7.11. The molecule has 0 fully saturated rings. The molecule has 0 saturated heterocycles. The molecule has 0 aliphatic carbocycles. The Hall–Kier alpha value is -2.04. The second kappa shape index (κ2) is 11.5. The number of aliphatic imine (C=N–C) groups is 1. The van der Waals surface area contributed by atoms with Crippen LogP contribution in [0.4, 0.5) is 0 Å². The molecule has 1 unspecified atom stereocenters. The predicted octanol–water partition coefficient (Wildman–Crippen LogP) is 4.47. The van der Waals surface area contributed by atoms with Gasteiger partial charge in [-0.3, -0.25) is 0 Å². The van der Waals surface area contributed by atoms with Crippen LogP contribution in [0.25, 0.3) is 10.1 Å². The van der Waals surface area contributed by atoms with Gasteiger partial charge >= 0.3 is 0 Å². The van der Waals surface area contributed by atoms with Crippen molar-refractivity contribution in [1.29, 1.82) is 0 Å². The summed E-state index contributed by atoms with van der Waals surface area (Å²) < 4.78 is 12.6. The molecule has 166 valence electrons. The van der Waals surface area contributed by atoms with Crippen LogP contribution in [0.1, 0.15) is 29.9 Å². The van der Waals surface area contributed by atoms with E-state index in [0.29, 0.717) is 32.3 Å². The van der Waals surface area contributed by atoms with Crippen molar-refractivity contribution in [2.24, 2.45) is 4.99 Å². The number of hydrogen-bond acceptors (Lipinski definition) is 5. The van der Waals surface area contributed by atoms with Gasteiger partial charge < -0.3 is 25.2 Å². The second-order valence-corrected chi connectivity index (χ2v) is 8.23. The van der Waals surface area contributed by atoms with Crippen molar-refractivity contribution in [3.63, 3.8) is 0 Å². The molecule has 2 heterocycles. The Kier molecular flexibility index (Phi) is 8.79. The largest absolute Gasteiger partial charge is 0.490 e. The summed E-state index contributed by atoms with van der Waals surface area (Å²) in [6.45, 7) is 5.00. The molecule has 1 aromatic heterocycles. The van der Waals surface area contributed by atoms with E-state index >= 15 is 0 Å². The molecule has 1 atom stereocenters. The highest BCUT2D eigenvalue weighted by atomic mass is 127. The standard InChI is InChI=1S/C23H27N3O3S.HI/c1-2-24-23(25-14-16-8-9-19-20(12-16)29-11-5-10-28-19)26-15-18(27)22-13-17-6-3-4-7-21(17)30-22;/h3-4,6-9,12-13,18,27H,2,5,10-11,14-15H2,1H3,(H2,24,25,26);1H. The number of hydrogen-bond donors (Lipinski definition) is 3. The number of fused-ring (bicyclic) bond motifs is 2. The van der Waals surface area contributed by atoms with E-state index in [0.717, 1.165) is 40.3 Å². The lowest BCUT2D eigenvalue weighted by atomic mass is 10.2. The van der Waals surface area contributed by atoms with Crippen LogP contribution >= 0.6 is 35.3 Å². The van der Waals surface area contributed by atoms with Gasteiger partial charge in [-0.25, -0.2) is 4.99 Å². The summed E-state index contributed by atoms with van der Waals surface area (Å²) in [6.07, 6.45) is 0.294. The smallest absolute Gasteiger partial charge is 0.191 e. The fourth-order valence-electron chi connectivity index (χ4n) is 3.28. The van der Waals surface area contributed by atoms with Crippen LogP contribution in [-0.2, 0) is 6.54 Å². The Labute approximate surface area is 203 Å². The number of halogens is 1. The van der Waals surface area contributed by atoms with Gasteiger partial charge in [-0.05, 0) is 42.1 Å². The number of nitrogens with zero attached hydrogens (tertiary/aromatic N) is 1. The number of nitrogens with one attached hydrogen (secondary N) is 2. The van der Waals surface area contributed by atoms with Crippen LogP contribution in [-0.4, -0.2) is 37.4 Å². The van der Waals surface area contributed by atoms with Crippen LogP contribution in [0.15, 0.2) is 53.5 Å². The van der Waals surface area contributed by atoms with E-state index in [1.807, 2.05) is 43.3 Å². The van der Waals surface area contributed by atoms with Crippen molar-refractivity contribution < 1.29 is 14.6 Å². The van der Waals surface area contributed by atoms with Crippen molar-refractivity contribution >= 4 is 51.4 Å². The third kappa shape index (κ3) is 6.24. The summed E-state index contributed by atoms with van der Waals surface area (Å²) in [5, 5.41) is 18.3. The van der Waals surface area contributed by atoms with Crippen LogP contribution in [0.5, 0.6) is 11.5 Å². The molecule has 4 rings (SSSR count). The molecule has 8 heteroatoms. The highest BCUT2D eigenvalue weighted by molar-refractivity contribution is 14.0. The van der Waals surface area contributed by atoms with Crippen LogP contribution in [0.3, 0.4) is 0 Å². The lowest BCUT2D eigenvalue weighted by molar-refractivity contribution is 0.184. The first kappa shape index (κ1) is 23.6. The van der Waals surface area contributed by atoms with Crippen LogP contribution < -0.4 is 20.1 Å². The van der Waals surface area contributed by atoms with Crippen molar-refractivity contribution in [1.82, 2.24) is 10.6 Å². The average Bonchev–Trinajstić information content (AvgIpc) is 3.07. The summed E-state index contributed by atoms with van der Waals surface area (Å²) in [4.78, 5) is 5.60. The fraction of sp³-hybridized carbons (Fsp3) is 0.348. The number of aliphatic hydroxyl groups excluding tert-OH is 1. The van der Waals surface area contributed by atoms with E-state index < -0.39 is 6.10 Å². The summed E-state index contributed by atoms with van der Waals surface area (Å²) in [5.41, 5.74) is 1.04. The molecule has 2 aromatic carbocycles. The predicted molar refractivity (Wildman–Crippen MR) is 137 cm³/mol. The normalized spacial score (nSPS) is 14.5. The lowest BCUT2D eigenvalue weighted by Crippen LogP contribution is -2.39. The molecular formula is C23H28IN3O3S. The number of ether oxygens (including phenoxy) is 2. The topological polar surface area (TPSA) is 75.1 Å². The van der Waals surface area contributed by atoms with Gasteiger partial charge in [0.1, 0.15) is 6.10 Å². The van der Waals surface area contributed by atoms with E-state index in [-0.39, 0.29) is 24.0 Å². The minimum Gasteiger partial charge on any atom is -0.490 e. The third-order valence-corrected chi connectivity index (χ3v) is 6.03. The Morgan fingerprint density at radius 3 is 2.71 bits per heavy atom. The maximum Gasteiger partial charge on any atom is 0.191 e. The highest BCUT2D eigenvalue weighted by Crippen LogP contribution is 2.31. The lowest BCUT2D eigenvalue weighted by Gasteiger charge is -2.14. The first-order chi connectivity index (χ1) is 14.7. The Balaban J connectivity index is 0.00000272. The van der Waals surface area contributed by atoms with Crippen molar-refractivity contribution in [2.45, 2.75) is 26.0 Å². The van der Waals surface area contributed by atoms with Crippen molar-refractivity contribution in [3.05, 3.63) is 59.0 Å². The van der Waals surface area contributed by atoms with Crippen LogP contribution in [0, 0.1) is 0 Å². The van der Waals surface area contributed by atoms with E-state index in [1.54, 1.807) is 11.3 Å². The number of rotatable bonds is 6. The van der Waals surface area contributed by atoms with E-state index in [9.17, 15) is 5.11 Å². The Bertz CT molecular complexity index is 991. The first-order valence-corrected chi connectivity index (χ1v) is 11.1. The van der Waals surface area contributed by atoms with Crippen LogP contribution in [0.2, 0.25) is 0 Å². The SMILES string of the molecule is CCNC(=NCc1ccc2c(c1)OCCCO2)NCC(O)c1cc2ccccc2s1.I. The Morgan fingerprint density at radius 1 is 1.10 bits per heavy atom. The van der Waals surface area contributed by atoms with Gasteiger partial charge in [0.25, 0.3) is 0 Å². The van der Waals surface area contributed by atoms with Gasteiger partial charge in [-0.2, -0.15) is 0 Å². The number of guanidine groups is 1. The highest BCUT2D eigenvalue weighted by Gasteiger charge is 2.13. The van der Waals surface area contributed by atoms with E-state index in [1.165, 1.54) is 4.70 Å². The number of benzene rings is 2. The fourth-order valence-corrected chi connectivity index (χ4v) is 4.33. The summed E-state index contributed by atoms with van der Waals surface area (Å²) >= 11 is 1.62. The van der Waals surface area contributed by atoms with E-state index in [2.05, 4.69) is 27.8 Å². The van der Waals surface area contributed by atoms with Gasteiger partial charge in [-0.15, -0.1) is 35.3 Å². The molecule has 3 N–H and O–H groups in total. The zero-order valence-electron chi connectivity index (χ0n) is 17.5. The monoisotopic (exact) mass is 553 g/mol. The molecule has 31 heavy (non-hydrogen) atoms. The zero-order chi connectivity index (χ0) is 20.8. The molecule has 0 spiro atoms. The third-order valence-electron chi connectivity index (χ3n) is 4.81. The van der Waals surface area contributed by atoms with Gasteiger partial charge in [0.05, 0.1) is 19.8 Å². The molecular weight excluding hydrogens is 525 g/mol. The Morgan fingerprint density at radius 2 is 1.90 bits per heavy atom. The number of thiophene rings is 1. The first-order valence-electron chi connectivity index (χ1n) is 10.3. The minimum absolute atomic E-state index is 0. The van der Waals surface area contributed by atoms with Gasteiger partial charge in [-0.1, -0.05) is 24.3 Å². The zero-order valence-corrected chi connectivity index (χ0v) is 20.6. The molecule has 1 aliphatic heterocycles. The summed E-state index contributed by atoms with van der Waals surface area (Å²) in [7, 11) is 0. The summed E-state index contributed by atoms with van der Waals surface area (Å²) in [5.74, 6) is 2.24. The van der Waals surface area contributed by atoms with Gasteiger partial charge in [0, 0.05) is 29.1 Å². The van der Waals surface area contributed by atoms with E-state index in [4.69, 9.17) is 9.47 Å². The molecule has 1 aliphatic rings. The maximum absolute atomic E-state index is 10.6. The quantitative estimate of drug-likeness (QED) is 0.239. The van der Waals surface area contributed by atoms with Gasteiger partial charge in [0.2, 0.25) is 0 Å². The number of aliphatic hydroxyl groups is 1. The van der Waals surface area contributed by atoms with Crippen molar-refractivity contribution in [3.8, 4) is 11.5 Å². The average molecular weight is 553 g/mol. The molecule has 0 amide bonds. The molecule has 0 bridgehead atoms. The minimum atomic E-state index is -0.593. The van der Waals surface area contributed by atoms with Crippen molar-refractivity contribution in [2.75, 3.05) is 26.3 Å². The molecule has 3 aromatic rings. The summed E-state index contributed by atoms with van der Waals surface area (Å²) in [6, 6.07) is 16.2. The molecule has 0 radical (unpaired) electrons.